The molecule has 3 aromatic carbocycles. The van der Waals surface area contributed by atoms with E-state index in [1.807, 2.05) is 0 Å². The van der Waals surface area contributed by atoms with Crippen LogP contribution in [0.1, 0.15) is 44.9 Å². The first-order valence-electron chi connectivity index (χ1n) is 10.5. The van der Waals surface area contributed by atoms with Crippen LogP contribution in [0.4, 0.5) is 17.1 Å². The van der Waals surface area contributed by atoms with Crippen molar-refractivity contribution >= 4 is 34.8 Å². The van der Waals surface area contributed by atoms with Crippen molar-refractivity contribution in [3.05, 3.63) is 71.3 Å². The summed E-state index contributed by atoms with van der Waals surface area (Å²) in [4.78, 5) is 36.8. The van der Waals surface area contributed by atoms with Crippen LogP contribution in [0, 0.1) is 0 Å². The fraction of sp³-hybridized carbons (Fsp3) is 0.160. The zero-order valence-electron chi connectivity index (χ0n) is 19.3. The molecule has 10 nitrogen and oxygen atoms in total. The summed E-state index contributed by atoms with van der Waals surface area (Å²) in [5.74, 6) is -2.75. The lowest BCUT2D eigenvalue weighted by Crippen LogP contribution is -2.16. The van der Waals surface area contributed by atoms with Crippen LogP contribution in [0.3, 0.4) is 0 Å². The van der Waals surface area contributed by atoms with E-state index in [9.17, 15) is 24.6 Å². The molecule has 6 N–H and O–H groups in total. The van der Waals surface area contributed by atoms with E-state index in [4.69, 9.17) is 15.2 Å². The molecule has 0 fully saturated rings. The number of phenolic OH excluding ortho intramolecular Hbond substituents is 1. The van der Waals surface area contributed by atoms with Crippen molar-refractivity contribution in [3.63, 3.8) is 0 Å². The number of anilines is 3. The molecule has 0 saturated carbocycles. The van der Waals surface area contributed by atoms with E-state index in [1.165, 1.54) is 37.4 Å². The van der Waals surface area contributed by atoms with E-state index in [-0.39, 0.29) is 40.1 Å². The van der Waals surface area contributed by atoms with Gasteiger partial charge in [-0.25, -0.2) is 4.79 Å². The number of amides is 2. The number of rotatable bonds is 8. The molecule has 0 radical (unpaired) electrons. The number of carboxylic acids is 1. The van der Waals surface area contributed by atoms with Gasteiger partial charge < -0.3 is 36.1 Å². The predicted molar refractivity (Wildman–Crippen MR) is 131 cm³/mol. The third-order valence-corrected chi connectivity index (χ3v) is 4.84. The number of hydrogen-bond donors (Lipinski definition) is 5. The minimum absolute atomic E-state index is 0.00985. The summed E-state index contributed by atoms with van der Waals surface area (Å²) in [5, 5.41) is 25.2. The summed E-state index contributed by atoms with van der Waals surface area (Å²) in [7, 11) is 1.29. The van der Waals surface area contributed by atoms with Crippen LogP contribution in [0.25, 0.3) is 0 Å². The fourth-order valence-corrected chi connectivity index (χ4v) is 3.19. The average molecular weight is 479 g/mol. The van der Waals surface area contributed by atoms with Crippen LogP contribution in [-0.2, 0) is 0 Å². The molecule has 0 bridgehead atoms. The second-order valence-corrected chi connectivity index (χ2v) is 7.76. The van der Waals surface area contributed by atoms with E-state index in [0.29, 0.717) is 11.3 Å². The molecule has 10 heteroatoms. The highest BCUT2D eigenvalue weighted by Gasteiger charge is 2.22. The third kappa shape index (κ3) is 5.80. The Balaban J connectivity index is 1.88. The molecule has 3 aromatic rings. The number of benzene rings is 3. The Labute approximate surface area is 201 Å². The number of carbonyl (C=O) groups excluding carboxylic acids is 2. The lowest BCUT2D eigenvalue weighted by Gasteiger charge is -2.17. The van der Waals surface area contributed by atoms with Gasteiger partial charge in [-0.2, -0.15) is 0 Å². The van der Waals surface area contributed by atoms with Crippen molar-refractivity contribution in [2.75, 3.05) is 23.5 Å². The molecule has 0 saturated heterocycles. The van der Waals surface area contributed by atoms with Gasteiger partial charge in [0.05, 0.1) is 35.7 Å². The lowest BCUT2D eigenvalue weighted by molar-refractivity contribution is 0.0695. The van der Waals surface area contributed by atoms with E-state index in [1.54, 1.807) is 38.1 Å². The molecule has 182 valence electrons. The Morgan fingerprint density at radius 1 is 0.886 bits per heavy atom. The van der Waals surface area contributed by atoms with Crippen LogP contribution in [0.15, 0.2) is 54.6 Å². The summed E-state index contributed by atoms with van der Waals surface area (Å²) in [5.41, 5.74) is 6.71. The van der Waals surface area contributed by atoms with Crippen LogP contribution in [0.2, 0.25) is 0 Å². The summed E-state index contributed by atoms with van der Waals surface area (Å²) >= 11 is 0. The number of methoxy groups -OCH3 is 1. The van der Waals surface area contributed by atoms with Crippen LogP contribution < -0.4 is 25.8 Å². The highest BCUT2D eigenvalue weighted by molar-refractivity contribution is 6.10. The maximum absolute atomic E-state index is 12.9. The highest BCUT2D eigenvalue weighted by Crippen LogP contribution is 2.38. The Kier molecular flexibility index (Phi) is 7.45. The van der Waals surface area contributed by atoms with Gasteiger partial charge in [0.15, 0.2) is 11.5 Å². The number of nitrogens with one attached hydrogen (secondary N) is 2. The molecule has 3 rings (SSSR count). The first kappa shape index (κ1) is 24.9. The number of carbonyl (C=O) groups is 3. The number of aromatic hydroxyl groups is 1. The van der Waals surface area contributed by atoms with Crippen LogP contribution in [0.5, 0.6) is 17.2 Å². The van der Waals surface area contributed by atoms with E-state index < -0.39 is 23.5 Å². The summed E-state index contributed by atoms with van der Waals surface area (Å²) in [6, 6.07) is 13.0. The number of carboxylic acid groups (broad SMARTS) is 1. The van der Waals surface area contributed by atoms with Crippen molar-refractivity contribution in [1.82, 2.24) is 0 Å². The topological polar surface area (TPSA) is 160 Å². The van der Waals surface area contributed by atoms with Gasteiger partial charge in [-0.05, 0) is 68.4 Å². The number of nitrogen functional groups attached to an aromatic ring is 1. The second-order valence-electron chi connectivity index (χ2n) is 7.76. The van der Waals surface area contributed by atoms with Gasteiger partial charge in [-0.15, -0.1) is 0 Å². The van der Waals surface area contributed by atoms with Crippen molar-refractivity contribution in [2.45, 2.75) is 20.0 Å². The first-order chi connectivity index (χ1) is 16.6. The molecule has 0 atom stereocenters. The van der Waals surface area contributed by atoms with Gasteiger partial charge in [-0.1, -0.05) is 0 Å². The zero-order chi connectivity index (χ0) is 25.7. The molecular formula is C25H25N3O7. The normalized spacial score (nSPS) is 10.5. The Bertz CT molecular complexity index is 1270. The van der Waals surface area contributed by atoms with Crippen molar-refractivity contribution < 1.29 is 34.1 Å². The first-order valence-corrected chi connectivity index (χ1v) is 10.5. The lowest BCUT2D eigenvalue weighted by atomic mass is 10.1. The van der Waals surface area contributed by atoms with Gasteiger partial charge in [0.25, 0.3) is 11.8 Å². The number of aromatic carboxylic acids is 1. The summed E-state index contributed by atoms with van der Waals surface area (Å²) in [6.07, 6.45) is -0.285. The SMILES string of the molecule is COc1c(NC(=O)c2ccc(N)cc2)ccc(C(=O)Nc2ccc(C(=O)O)cc2OC(C)C)c1O. The monoisotopic (exact) mass is 479 g/mol. The molecule has 0 heterocycles. The minimum atomic E-state index is -1.14. The average Bonchev–Trinajstić information content (AvgIpc) is 2.80. The molecule has 0 aliphatic rings. The molecular weight excluding hydrogens is 454 g/mol. The highest BCUT2D eigenvalue weighted by atomic mass is 16.5. The Morgan fingerprint density at radius 2 is 1.49 bits per heavy atom. The van der Waals surface area contributed by atoms with Gasteiger partial charge >= 0.3 is 5.97 Å². The number of hydrogen-bond acceptors (Lipinski definition) is 7. The molecule has 35 heavy (non-hydrogen) atoms. The second kappa shape index (κ2) is 10.5. The van der Waals surface area contributed by atoms with Gasteiger partial charge in [0, 0.05) is 11.3 Å². The van der Waals surface area contributed by atoms with E-state index >= 15 is 0 Å². The minimum Gasteiger partial charge on any atom is -0.504 e. The number of ether oxygens (including phenoxy) is 2. The van der Waals surface area contributed by atoms with Crippen molar-refractivity contribution in [1.29, 1.82) is 0 Å². The maximum Gasteiger partial charge on any atom is 0.335 e. The molecule has 0 spiro atoms. The number of nitrogens with two attached hydrogens (primary N) is 1. The van der Waals surface area contributed by atoms with Gasteiger partial charge in [-0.3, -0.25) is 9.59 Å². The van der Waals surface area contributed by atoms with Gasteiger partial charge in [0.1, 0.15) is 5.75 Å². The Hall–Kier alpha value is -4.73. The van der Waals surface area contributed by atoms with E-state index in [2.05, 4.69) is 10.6 Å². The smallest absolute Gasteiger partial charge is 0.335 e. The van der Waals surface area contributed by atoms with Crippen molar-refractivity contribution in [3.8, 4) is 17.2 Å². The quantitative estimate of drug-likeness (QED) is 0.303. The number of phenols is 1. The molecule has 0 unspecified atom stereocenters. The standard InChI is InChI=1S/C25H25N3O7/c1-13(2)35-20-12-15(25(32)33)6-10-18(20)27-24(31)17-9-11-19(22(34-3)21(17)29)28-23(30)14-4-7-16(26)8-5-14/h4-13,29H,26H2,1-3H3,(H,27,31)(H,28,30)(H,32,33). The molecule has 0 aliphatic heterocycles. The molecule has 0 aromatic heterocycles. The maximum atomic E-state index is 12.9. The van der Waals surface area contributed by atoms with Crippen LogP contribution in [-0.4, -0.2) is 41.2 Å². The Morgan fingerprint density at radius 3 is 2.09 bits per heavy atom. The largest absolute Gasteiger partial charge is 0.504 e. The zero-order valence-corrected chi connectivity index (χ0v) is 19.3. The summed E-state index contributed by atoms with van der Waals surface area (Å²) in [6.45, 7) is 3.51. The fourth-order valence-electron chi connectivity index (χ4n) is 3.19. The predicted octanol–water partition coefficient (Wildman–Crippen LogP) is 3.97. The van der Waals surface area contributed by atoms with Crippen molar-refractivity contribution in [2.24, 2.45) is 0 Å². The van der Waals surface area contributed by atoms with E-state index in [0.717, 1.165) is 0 Å². The summed E-state index contributed by atoms with van der Waals surface area (Å²) < 4.78 is 10.9. The third-order valence-electron chi connectivity index (χ3n) is 4.84. The molecule has 0 aliphatic carbocycles. The van der Waals surface area contributed by atoms with Gasteiger partial charge in [0.2, 0.25) is 0 Å². The molecule has 2 amide bonds. The van der Waals surface area contributed by atoms with Crippen LogP contribution >= 0.6 is 0 Å².